The van der Waals surface area contributed by atoms with Gasteiger partial charge in [0.05, 0.1) is 6.04 Å². The summed E-state index contributed by atoms with van der Waals surface area (Å²) in [6, 6.07) is 0.0101. The summed E-state index contributed by atoms with van der Waals surface area (Å²) in [7, 11) is 2.16. The fourth-order valence-corrected chi connectivity index (χ4v) is 2.87. The van der Waals surface area contributed by atoms with Crippen LogP contribution < -0.4 is 5.73 Å². The van der Waals surface area contributed by atoms with Crippen molar-refractivity contribution in [1.29, 1.82) is 0 Å². The van der Waals surface area contributed by atoms with E-state index in [2.05, 4.69) is 16.8 Å². The summed E-state index contributed by atoms with van der Waals surface area (Å²) in [4.78, 5) is 15.9. The molecule has 0 radical (unpaired) electrons. The Hall–Kier alpha value is -0.610. The van der Waals surface area contributed by atoms with Gasteiger partial charge in [0.1, 0.15) is 0 Å². The average molecular weight is 211 g/mol. The van der Waals surface area contributed by atoms with Crippen molar-refractivity contribution in [3.63, 3.8) is 0 Å². The number of hydrogen-bond acceptors (Lipinski definition) is 3. The lowest BCUT2D eigenvalue weighted by Gasteiger charge is -2.24. The number of amides is 1. The van der Waals surface area contributed by atoms with Crippen LogP contribution in [0.25, 0.3) is 0 Å². The Bertz CT molecular complexity index is 244. The van der Waals surface area contributed by atoms with Crippen LogP contribution in [-0.4, -0.2) is 55.0 Å². The average Bonchev–Trinajstić information content (AvgIpc) is 2.75. The van der Waals surface area contributed by atoms with Gasteiger partial charge in [0.2, 0.25) is 5.91 Å². The molecule has 1 unspecified atom stereocenters. The van der Waals surface area contributed by atoms with Gasteiger partial charge >= 0.3 is 0 Å². The molecule has 2 aliphatic rings. The van der Waals surface area contributed by atoms with Crippen molar-refractivity contribution >= 4 is 5.91 Å². The molecule has 2 rings (SSSR count). The Morgan fingerprint density at radius 3 is 2.80 bits per heavy atom. The van der Waals surface area contributed by atoms with Gasteiger partial charge in [-0.15, -0.1) is 0 Å². The maximum atomic E-state index is 11.2. The van der Waals surface area contributed by atoms with Crippen molar-refractivity contribution in [3.05, 3.63) is 0 Å². The molecule has 1 amide bonds. The zero-order chi connectivity index (χ0) is 10.8. The molecular weight excluding hydrogens is 190 g/mol. The lowest BCUT2D eigenvalue weighted by Crippen LogP contribution is -2.42. The molecule has 4 nitrogen and oxygen atoms in total. The molecule has 0 spiro atoms. The predicted molar refractivity (Wildman–Crippen MR) is 59.4 cm³/mol. The molecule has 15 heavy (non-hydrogen) atoms. The monoisotopic (exact) mass is 211 g/mol. The number of carbonyl (C=O) groups excluding carboxylic acids is 1. The van der Waals surface area contributed by atoms with Gasteiger partial charge in [0.25, 0.3) is 0 Å². The third-order valence-electron chi connectivity index (χ3n) is 3.67. The van der Waals surface area contributed by atoms with Gasteiger partial charge < -0.3 is 10.6 Å². The van der Waals surface area contributed by atoms with Crippen LogP contribution in [0.1, 0.15) is 19.3 Å². The molecule has 0 saturated carbocycles. The molecular formula is C11H21N3O. The molecule has 0 bridgehead atoms. The van der Waals surface area contributed by atoms with E-state index < -0.39 is 0 Å². The number of nitrogens with two attached hydrogens (primary N) is 1. The molecule has 0 aromatic rings. The highest BCUT2D eigenvalue weighted by atomic mass is 16.1. The minimum absolute atomic E-state index is 0.0101. The van der Waals surface area contributed by atoms with E-state index in [0.29, 0.717) is 0 Å². The van der Waals surface area contributed by atoms with Crippen LogP contribution in [0.15, 0.2) is 0 Å². The van der Waals surface area contributed by atoms with E-state index in [9.17, 15) is 4.79 Å². The lowest BCUT2D eigenvalue weighted by atomic mass is 10.1. The van der Waals surface area contributed by atoms with Crippen molar-refractivity contribution < 1.29 is 4.79 Å². The molecule has 4 heteroatoms. The second-order valence-electron chi connectivity index (χ2n) is 4.97. The first-order valence-corrected chi connectivity index (χ1v) is 5.88. The Kier molecular flexibility index (Phi) is 3.26. The van der Waals surface area contributed by atoms with Crippen molar-refractivity contribution in [2.24, 2.45) is 11.7 Å². The molecule has 2 fully saturated rings. The van der Waals surface area contributed by atoms with E-state index in [1.165, 1.54) is 19.5 Å². The smallest absolute Gasteiger partial charge is 0.234 e. The maximum absolute atomic E-state index is 11.2. The molecule has 0 aromatic carbocycles. The van der Waals surface area contributed by atoms with Crippen molar-refractivity contribution in [2.75, 3.05) is 33.2 Å². The van der Waals surface area contributed by atoms with Gasteiger partial charge in [-0.3, -0.25) is 9.69 Å². The highest BCUT2D eigenvalue weighted by molar-refractivity contribution is 5.80. The summed E-state index contributed by atoms with van der Waals surface area (Å²) in [5.74, 6) is 0.591. The Labute approximate surface area is 91.4 Å². The zero-order valence-electron chi connectivity index (χ0n) is 9.48. The summed E-state index contributed by atoms with van der Waals surface area (Å²) < 4.78 is 0. The zero-order valence-corrected chi connectivity index (χ0v) is 9.48. The van der Waals surface area contributed by atoms with Crippen LogP contribution in [0.2, 0.25) is 0 Å². The molecule has 2 atom stereocenters. The molecule has 0 aliphatic carbocycles. The summed E-state index contributed by atoms with van der Waals surface area (Å²) in [5.41, 5.74) is 5.40. The normalized spacial score (nSPS) is 33.7. The molecule has 86 valence electrons. The molecule has 2 N–H and O–H groups in total. The van der Waals surface area contributed by atoms with Crippen LogP contribution in [0.4, 0.5) is 0 Å². The van der Waals surface area contributed by atoms with Gasteiger partial charge in [0.15, 0.2) is 0 Å². The Balaban J connectivity index is 1.85. The van der Waals surface area contributed by atoms with E-state index in [-0.39, 0.29) is 11.9 Å². The first kappa shape index (κ1) is 10.9. The van der Waals surface area contributed by atoms with E-state index in [1.807, 2.05) is 0 Å². The van der Waals surface area contributed by atoms with E-state index in [1.54, 1.807) is 0 Å². The second kappa shape index (κ2) is 4.49. The van der Waals surface area contributed by atoms with Gasteiger partial charge in [-0.1, -0.05) is 0 Å². The predicted octanol–water partition coefficient (Wildman–Crippen LogP) is -0.112. The van der Waals surface area contributed by atoms with Crippen LogP contribution in [-0.2, 0) is 4.79 Å². The van der Waals surface area contributed by atoms with Gasteiger partial charge in [0, 0.05) is 13.1 Å². The SMILES string of the molecule is CN1CC[C@@H](CN2CCCC2C(N)=O)C1. The summed E-state index contributed by atoms with van der Waals surface area (Å²) in [6.45, 7) is 4.47. The minimum atomic E-state index is -0.140. The first-order chi connectivity index (χ1) is 7.16. The lowest BCUT2D eigenvalue weighted by molar-refractivity contribution is -0.122. The fraction of sp³-hybridized carbons (Fsp3) is 0.909. The van der Waals surface area contributed by atoms with Crippen molar-refractivity contribution in [2.45, 2.75) is 25.3 Å². The summed E-state index contributed by atoms with van der Waals surface area (Å²) in [6.07, 6.45) is 3.34. The third-order valence-corrected chi connectivity index (χ3v) is 3.67. The second-order valence-corrected chi connectivity index (χ2v) is 4.97. The van der Waals surface area contributed by atoms with Crippen LogP contribution in [0.3, 0.4) is 0 Å². The summed E-state index contributed by atoms with van der Waals surface area (Å²) >= 11 is 0. The number of nitrogens with zero attached hydrogens (tertiary/aromatic N) is 2. The molecule has 2 heterocycles. The number of hydrogen-bond donors (Lipinski definition) is 1. The Morgan fingerprint density at radius 2 is 2.20 bits per heavy atom. The van der Waals surface area contributed by atoms with Gasteiger partial charge in [-0.25, -0.2) is 0 Å². The standard InChI is InChI=1S/C11H21N3O/c1-13-6-4-9(7-13)8-14-5-2-3-10(14)11(12)15/h9-10H,2-8H2,1H3,(H2,12,15)/t9-,10?/m1/s1. The van der Waals surface area contributed by atoms with Crippen LogP contribution >= 0.6 is 0 Å². The topological polar surface area (TPSA) is 49.6 Å². The quantitative estimate of drug-likeness (QED) is 0.708. The number of rotatable bonds is 3. The molecule has 2 aliphatic heterocycles. The van der Waals surface area contributed by atoms with E-state index in [0.717, 1.165) is 31.8 Å². The highest BCUT2D eigenvalue weighted by Crippen LogP contribution is 2.22. The molecule has 2 saturated heterocycles. The van der Waals surface area contributed by atoms with Gasteiger partial charge in [-0.2, -0.15) is 0 Å². The van der Waals surface area contributed by atoms with Crippen LogP contribution in [0, 0.1) is 5.92 Å². The van der Waals surface area contributed by atoms with E-state index >= 15 is 0 Å². The highest BCUT2D eigenvalue weighted by Gasteiger charge is 2.31. The molecule has 0 aromatic heterocycles. The maximum Gasteiger partial charge on any atom is 0.234 e. The number of primary amides is 1. The minimum Gasteiger partial charge on any atom is -0.368 e. The van der Waals surface area contributed by atoms with Crippen molar-refractivity contribution in [1.82, 2.24) is 9.80 Å². The number of carbonyl (C=O) groups is 1. The largest absolute Gasteiger partial charge is 0.368 e. The Morgan fingerprint density at radius 1 is 1.40 bits per heavy atom. The van der Waals surface area contributed by atoms with E-state index in [4.69, 9.17) is 5.73 Å². The van der Waals surface area contributed by atoms with Crippen LogP contribution in [0.5, 0.6) is 0 Å². The third kappa shape index (κ3) is 2.49. The van der Waals surface area contributed by atoms with Gasteiger partial charge in [-0.05, 0) is 45.3 Å². The first-order valence-electron chi connectivity index (χ1n) is 5.88. The number of likely N-dealkylation sites (tertiary alicyclic amines) is 2. The fourth-order valence-electron chi connectivity index (χ4n) is 2.87. The summed E-state index contributed by atoms with van der Waals surface area (Å²) in [5, 5.41) is 0. The van der Waals surface area contributed by atoms with Crippen molar-refractivity contribution in [3.8, 4) is 0 Å².